The van der Waals surface area contributed by atoms with Crippen molar-refractivity contribution in [2.24, 2.45) is 0 Å². The van der Waals surface area contributed by atoms with E-state index in [0.717, 1.165) is 5.56 Å². The third-order valence-corrected chi connectivity index (χ3v) is 6.11. The molecule has 1 N–H and O–H groups in total. The zero-order chi connectivity index (χ0) is 24.4. The fourth-order valence-electron chi connectivity index (χ4n) is 3.88. The Balaban J connectivity index is 1.82. The summed E-state index contributed by atoms with van der Waals surface area (Å²) < 4.78 is 5.65. The maximum Gasteiger partial charge on any atom is 0.295 e. The van der Waals surface area contributed by atoms with Crippen LogP contribution in [-0.2, 0) is 16.1 Å². The topological polar surface area (TPSA) is 79.7 Å². The fraction of sp³-hybridized carbons (Fsp3) is 0.192. The van der Waals surface area contributed by atoms with Gasteiger partial charge in [0.25, 0.3) is 11.7 Å². The first kappa shape index (κ1) is 23.8. The number of benzene rings is 2. The van der Waals surface area contributed by atoms with Gasteiger partial charge in [0.2, 0.25) is 0 Å². The highest BCUT2D eigenvalue weighted by atomic mass is 35.5. The summed E-state index contributed by atoms with van der Waals surface area (Å²) in [6.45, 7) is 3.95. The van der Waals surface area contributed by atoms with E-state index < -0.39 is 17.7 Å². The van der Waals surface area contributed by atoms with Gasteiger partial charge in [0.15, 0.2) is 0 Å². The lowest BCUT2D eigenvalue weighted by molar-refractivity contribution is -0.140. The molecule has 2 heterocycles. The van der Waals surface area contributed by atoms with Crippen molar-refractivity contribution in [3.05, 3.63) is 99.3 Å². The minimum atomic E-state index is -0.860. The molecule has 1 aromatic heterocycles. The second kappa shape index (κ2) is 9.87. The van der Waals surface area contributed by atoms with Gasteiger partial charge in [-0.05, 0) is 67.4 Å². The molecule has 1 atom stereocenters. The first-order chi connectivity index (χ1) is 16.3. The molecule has 4 rings (SSSR count). The number of likely N-dealkylation sites (tertiary alicyclic amines) is 1. The Bertz CT molecular complexity index is 1260. The lowest BCUT2D eigenvalue weighted by Gasteiger charge is -2.25. The Morgan fingerprint density at radius 3 is 2.44 bits per heavy atom. The number of nitrogens with zero attached hydrogens (tertiary/aromatic N) is 2. The Morgan fingerprint density at radius 2 is 1.82 bits per heavy atom. The fourth-order valence-corrected chi connectivity index (χ4v) is 4.19. The average Bonchev–Trinajstić information content (AvgIpc) is 3.06. The lowest BCUT2D eigenvalue weighted by Crippen LogP contribution is -2.29. The standard InChI is InChI=1S/C26H22Cl2N2O4/c1-15(2)34-19-8-5-17(6-9-19)24(31)22-23(18-7-10-20(27)21(28)12-18)30(26(33)25(22)32)14-16-4-3-11-29-13-16/h3-13,15,23,31H,14H2,1-2H3/b24-22+/t23-/m1/s1. The predicted octanol–water partition coefficient (Wildman–Crippen LogP) is 5.80. The third kappa shape index (κ3) is 4.79. The summed E-state index contributed by atoms with van der Waals surface area (Å²) in [5.74, 6) is -1.15. The number of rotatable bonds is 6. The summed E-state index contributed by atoms with van der Waals surface area (Å²) in [5.41, 5.74) is 1.66. The maximum atomic E-state index is 13.2. The summed E-state index contributed by atoms with van der Waals surface area (Å²) in [5, 5.41) is 11.8. The molecule has 1 aliphatic heterocycles. The smallest absolute Gasteiger partial charge is 0.295 e. The molecular weight excluding hydrogens is 475 g/mol. The Morgan fingerprint density at radius 1 is 1.09 bits per heavy atom. The lowest BCUT2D eigenvalue weighted by atomic mass is 9.95. The first-order valence-corrected chi connectivity index (χ1v) is 11.4. The van der Waals surface area contributed by atoms with Crippen LogP contribution in [0.4, 0.5) is 0 Å². The van der Waals surface area contributed by atoms with Crippen LogP contribution >= 0.6 is 23.2 Å². The molecule has 6 nitrogen and oxygen atoms in total. The SMILES string of the molecule is CC(C)Oc1ccc(/C(O)=C2\C(=O)C(=O)N(Cc3cccnc3)[C@@H]2c2ccc(Cl)c(Cl)c2)cc1. The summed E-state index contributed by atoms with van der Waals surface area (Å²) in [6.07, 6.45) is 3.24. The van der Waals surface area contributed by atoms with Crippen LogP contribution in [0.25, 0.3) is 5.76 Å². The van der Waals surface area contributed by atoms with Crippen LogP contribution in [0.3, 0.4) is 0 Å². The van der Waals surface area contributed by atoms with Gasteiger partial charge in [-0.2, -0.15) is 0 Å². The van der Waals surface area contributed by atoms with Crippen LogP contribution in [0.1, 0.15) is 36.6 Å². The Kier molecular flexibility index (Phi) is 6.91. The molecule has 2 aromatic carbocycles. The number of aliphatic hydroxyl groups excluding tert-OH is 1. The number of carbonyl (C=O) groups excluding carboxylic acids is 2. The largest absolute Gasteiger partial charge is 0.507 e. The van der Waals surface area contributed by atoms with Gasteiger partial charge in [0, 0.05) is 24.5 Å². The van der Waals surface area contributed by atoms with E-state index in [4.69, 9.17) is 27.9 Å². The van der Waals surface area contributed by atoms with Gasteiger partial charge in [-0.15, -0.1) is 0 Å². The highest BCUT2D eigenvalue weighted by Crippen LogP contribution is 2.41. The highest BCUT2D eigenvalue weighted by Gasteiger charge is 2.46. The number of aliphatic hydroxyl groups is 1. The molecule has 1 amide bonds. The summed E-state index contributed by atoms with van der Waals surface area (Å²) >= 11 is 12.3. The van der Waals surface area contributed by atoms with Crippen molar-refractivity contribution in [3.63, 3.8) is 0 Å². The van der Waals surface area contributed by atoms with Crippen LogP contribution in [-0.4, -0.2) is 32.8 Å². The highest BCUT2D eigenvalue weighted by molar-refractivity contribution is 6.46. The van der Waals surface area contributed by atoms with Gasteiger partial charge < -0.3 is 14.7 Å². The Hall–Kier alpha value is -3.35. The van der Waals surface area contributed by atoms with E-state index >= 15 is 0 Å². The number of hydrogen-bond donors (Lipinski definition) is 1. The number of halogens is 2. The predicted molar refractivity (Wildman–Crippen MR) is 131 cm³/mol. The minimum Gasteiger partial charge on any atom is -0.507 e. The quantitative estimate of drug-likeness (QED) is 0.265. The van der Waals surface area contributed by atoms with Gasteiger partial charge in [-0.25, -0.2) is 0 Å². The summed E-state index contributed by atoms with van der Waals surface area (Å²) in [7, 11) is 0. The van der Waals surface area contributed by atoms with Crippen LogP contribution in [0.15, 0.2) is 72.6 Å². The molecule has 0 aliphatic carbocycles. The van der Waals surface area contributed by atoms with Crippen molar-refractivity contribution in [2.45, 2.75) is 32.5 Å². The number of carbonyl (C=O) groups is 2. The first-order valence-electron chi connectivity index (χ1n) is 10.7. The number of pyridine rings is 1. The monoisotopic (exact) mass is 496 g/mol. The van der Waals surface area contributed by atoms with E-state index in [2.05, 4.69) is 4.98 Å². The molecule has 1 fully saturated rings. The molecule has 0 spiro atoms. The normalized spacial score (nSPS) is 17.4. The van der Waals surface area contributed by atoms with E-state index in [0.29, 0.717) is 21.9 Å². The number of ketones is 1. The number of Topliss-reactive ketones (excluding diaryl/α,β-unsaturated/α-hetero) is 1. The maximum absolute atomic E-state index is 13.2. The molecule has 1 saturated heterocycles. The molecule has 0 bridgehead atoms. The summed E-state index contributed by atoms with van der Waals surface area (Å²) in [6, 6.07) is 14.3. The number of hydrogen-bond acceptors (Lipinski definition) is 5. The molecule has 0 saturated carbocycles. The van der Waals surface area contributed by atoms with Gasteiger partial charge in [0.05, 0.1) is 27.8 Å². The Labute approximate surface area is 207 Å². The minimum absolute atomic E-state index is 0.00750. The molecule has 1 aliphatic rings. The van der Waals surface area contributed by atoms with Crippen LogP contribution in [0.2, 0.25) is 10.0 Å². The molecular formula is C26H22Cl2N2O4. The summed E-state index contributed by atoms with van der Waals surface area (Å²) in [4.78, 5) is 31.8. The number of aromatic nitrogens is 1. The second-order valence-electron chi connectivity index (χ2n) is 8.15. The zero-order valence-corrected chi connectivity index (χ0v) is 20.0. The third-order valence-electron chi connectivity index (χ3n) is 5.37. The number of ether oxygens (including phenoxy) is 1. The van der Waals surface area contributed by atoms with Crippen LogP contribution in [0, 0.1) is 0 Å². The van der Waals surface area contributed by atoms with Crippen molar-refractivity contribution in [1.29, 1.82) is 0 Å². The molecule has 8 heteroatoms. The molecule has 3 aromatic rings. The van der Waals surface area contributed by atoms with E-state index in [9.17, 15) is 14.7 Å². The van der Waals surface area contributed by atoms with Crippen LogP contribution in [0.5, 0.6) is 5.75 Å². The molecule has 34 heavy (non-hydrogen) atoms. The van der Waals surface area contributed by atoms with Gasteiger partial charge in [0.1, 0.15) is 11.5 Å². The van der Waals surface area contributed by atoms with E-state index in [1.165, 1.54) is 4.90 Å². The average molecular weight is 497 g/mol. The molecule has 0 radical (unpaired) electrons. The van der Waals surface area contributed by atoms with Crippen molar-refractivity contribution in [3.8, 4) is 5.75 Å². The van der Waals surface area contributed by atoms with E-state index in [1.807, 2.05) is 19.9 Å². The van der Waals surface area contributed by atoms with E-state index in [-0.39, 0.29) is 29.0 Å². The van der Waals surface area contributed by atoms with Crippen molar-refractivity contribution < 1.29 is 19.4 Å². The van der Waals surface area contributed by atoms with Gasteiger partial charge in [-0.3, -0.25) is 14.6 Å². The molecule has 174 valence electrons. The number of amides is 1. The van der Waals surface area contributed by atoms with Crippen molar-refractivity contribution in [1.82, 2.24) is 9.88 Å². The second-order valence-corrected chi connectivity index (χ2v) is 8.97. The van der Waals surface area contributed by atoms with Crippen molar-refractivity contribution >= 4 is 40.7 Å². The van der Waals surface area contributed by atoms with E-state index in [1.54, 1.807) is 60.9 Å². The molecule has 0 unspecified atom stereocenters. The van der Waals surface area contributed by atoms with Crippen molar-refractivity contribution in [2.75, 3.05) is 0 Å². The van der Waals surface area contributed by atoms with Gasteiger partial charge >= 0.3 is 0 Å². The van der Waals surface area contributed by atoms with Gasteiger partial charge in [-0.1, -0.05) is 35.3 Å². The van der Waals surface area contributed by atoms with Crippen LogP contribution < -0.4 is 4.74 Å². The zero-order valence-electron chi connectivity index (χ0n) is 18.5.